The van der Waals surface area contributed by atoms with Gasteiger partial charge in [-0.1, -0.05) is 54.1 Å². The maximum atomic E-state index is 11.4. The molecule has 130 valence electrons. The predicted octanol–water partition coefficient (Wildman–Crippen LogP) is 4.31. The molecule has 2 aromatic rings. The van der Waals surface area contributed by atoms with Gasteiger partial charge in [-0.25, -0.2) is 0 Å². The van der Waals surface area contributed by atoms with Gasteiger partial charge in [0.2, 0.25) is 0 Å². The highest BCUT2D eigenvalue weighted by molar-refractivity contribution is 6.30. The van der Waals surface area contributed by atoms with Crippen LogP contribution < -0.4 is 0 Å². The van der Waals surface area contributed by atoms with Crippen molar-refractivity contribution in [2.75, 3.05) is 14.2 Å². The van der Waals surface area contributed by atoms with E-state index in [9.17, 15) is 5.11 Å². The number of nitrogens with zero attached hydrogens (tertiary/aromatic N) is 5. The van der Waals surface area contributed by atoms with Crippen LogP contribution in [-0.4, -0.2) is 19.3 Å². The minimum Gasteiger partial charge on any atom is -0.358 e. The molecule has 0 saturated heterocycles. The molecule has 1 unspecified atom stereocenters. The van der Waals surface area contributed by atoms with Crippen LogP contribution in [0, 0.1) is 0 Å². The Morgan fingerprint density at radius 2 is 1.60 bits per heavy atom. The second-order valence-corrected chi connectivity index (χ2v) is 5.37. The van der Waals surface area contributed by atoms with Crippen LogP contribution in [0.1, 0.15) is 11.1 Å². The van der Waals surface area contributed by atoms with Crippen molar-refractivity contribution in [3.8, 4) is 0 Å². The zero-order valence-corrected chi connectivity index (χ0v) is 14.3. The molecule has 2 aromatic carbocycles. The molecule has 0 spiro atoms. The lowest BCUT2D eigenvalue weighted by atomic mass is 9.88. The van der Waals surface area contributed by atoms with E-state index in [1.165, 1.54) is 14.2 Å². The standard InChI is InChI=1S/C16H16ClN5O3/c1-24-16(25-2,13-8-10-14(17)11-9-13)15(23,19-21-22-20-18)12-6-4-3-5-7-12/h3-11,23H,1-2H3. The second-order valence-electron chi connectivity index (χ2n) is 4.94. The summed E-state index contributed by atoms with van der Waals surface area (Å²) in [5.74, 6) is -1.77. The van der Waals surface area contributed by atoms with Crippen molar-refractivity contribution < 1.29 is 14.6 Å². The molecule has 2 rings (SSSR count). The van der Waals surface area contributed by atoms with E-state index < -0.39 is 11.5 Å². The summed E-state index contributed by atoms with van der Waals surface area (Å²) in [7, 11) is 2.71. The van der Waals surface area contributed by atoms with Gasteiger partial charge in [-0.15, -0.1) is 5.53 Å². The molecule has 0 bridgehead atoms. The molecule has 9 heteroatoms. The van der Waals surface area contributed by atoms with Gasteiger partial charge in [0.25, 0.3) is 11.5 Å². The molecule has 1 N–H and O–H groups in total. The van der Waals surface area contributed by atoms with Crippen LogP contribution in [-0.2, 0) is 21.0 Å². The van der Waals surface area contributed by atoms with Gasteiger partial charge in [0.15, 0.2) is 0 Å². The minimum absolute atomic E-state index is 0.325. The van der Waals surface area contributed by atoms with E-state index in [4.69, 9.17) is 26.6 Å². The largest absolute Gasteiger partial charge is 0.358 e. The van der Waals surface area contributed by atoms with Gasteiger partial charge in [-0.05, 0) is 17.2 Å². The summed E-state index contributed by atoms with van der Waals surface area (Å²) in [6.07, 6.45) is 0. The van der Waals surface area contributed by atoms with Gasteiger partial charge < -0.3 is 14.6 Å². The lowest BCUT2D eigenvalue weighted by molar-refractivity contribution is -0.318. The average molecular weight is 362 g/mol. The van der Waals surface area contributed by atoms with E-state index in [2.05, 4.69) is 20.5 Å². The van der Waals surface area contributed by atoms with Gasteiger partial charge >= 0.3 is 0 Å². The fourth-order valence-corrected chi connectivity index (χ4v) is 2.69. The second kappa shape index (κ2) is 8.06. The number of aliphatic hydroxyl groups is 1. The summed E-state index contributed by atoms with van der Waals surface area (Å²) in [5.41, 5.74) is 7.07. The number of rotatable bonds is 7. The van der Waals surface area contributed by atoms with Crippen molar-refractivity contribution in [2.45, 2.75) is 11.5 Å². The van der Waals surface area contributed by atoms with Gasteiger partial charge in [0, 0.05) is 30.4 Å². The zero-order valence-electron chi connectivity index (χ0n) is 13.6. The van der Waals surface area contributed by atoms with Crippen LogP contribution in [0.2, 0.25) is 5.02 Å². The van der Waals surface area contributed by atoms with Crippen LogP contribution >= 0.6 is 11.6 Å². The number of halogens is 1. The van der Waals surface area contributed by atoms with Crippen LogP contribution in [0.4, 0.5) is 0 Å². The molecule has 0 radical (unpaired) electrons. The quantitative estimate of drug-likeness (QED) is 0.260. The molecule has 0 aromatic heterocycles. The Balaban J connectivity index is 2.74. The Morgan fingerprint density at radius 3 is 2.12 bits per heavy atom. The van der Waals surface area contributed by atoms with Crippen LogP contribution in [0.3, 0.4) is 0 Å². The highest BCUT2D eigenvalue weighted by Gasteiger charge is 2.57. The van der Waals surface area contributed by atoms with Crippen LogP contribution in [0.5, 0.6) is 0 Å². The van der Waals surface area contributed by atoms with Crippen molar-refractivity contribution >= 4 is 11.6 Å². The summed E-state index contributed by atoms with van der Waals surface area (Å²) >= 11 is 5.94. The Kier molecular flexibility index (Phi) is 6.08. The van der Waals surface area contributed by atoms with Crippen molar-refractivity contribution in [3.05, 3.63) is 81.2 Å². The summed E-state index contributed by atoms with van der Waals surface area (Å²) in [5, 5.41) is 22.1. The molecule has 8 nitrogen and oxygen atoms in total. The monoisotopic (exact) mass is 361 g/mol. The van der Waals surface area contributed by atoms with Gasteiger partial charge in [-0.2, -0.15) is 4.91 Å². The maximum absolute atomic E-state index is 11.4. The highest BCUT2D eigenvalue weighted by atomic mass is 35.5. The minimum atomic E-state index is -2.14. The van der Waals surface area contributed by atoms with E-state index in [0.29, 0.717) is 16.1 Å². The SMILES string of the molecule is COC(OC)(c1ccc(Cl)cc1)C(O)(N=NN=[N+]=[N-])c1ccccc1. The molecular weight excluding hydrogens is 346 g/mol. The smallest absolute Gasteiger partial charge is 0.286 e. The Bertz CT molecular complexity index is 774. The van der Waals surface area contributed by atoms with E-state index in [0.717, 1.165) is 0 Å². The number of hydrogen-bond acceptors (Lipinski definition) is 4. The van der Waals surface area contributed by atoms with E-state index >= 15 is 0 Å². The summed E-state index contributed by atoms with van der Waals surface area (Å²) in [6.45, 7) is 0. The molecule has 0 aliphatic rings. The third kappa shape index (κ3) is 3.48. The van der Waals surface area contributed by atoms with Gasteiger partial charge in [0.1, 0.15) is 0 Å². The first-order valence-corrected chi connectivity index (χ1v) is 7.52. The summed E-state index contributed by atoms with van der Waals surface area (Å²) in [6, 6.07) is 15.0. The normalized spacial score (nSPS) is 14.1. The number of hydrogen-bond donors (Lipinski definition) is 1. The Labute approximate surface area is 149 Å². The Morgan fingerprint density at radius 1 is 1.00 bits per heavy atom. The third-order valence-corrected chi connectivity index (χ3v) is 3.96. The topological polar surface area (TPSA) is 112 Å². The lowest BCUT2D eigenvalue weighted by Gasteiger charge is -2.40. The molecule has 25 heavy (non-hydrogen) atoms. The van der Waals surface area contributed by atoms with Gasteiger partial charge in [-0.3, -0.25) is 0 Å². The van der Waals surface area contributed by atoms with Crippen molar-refractivity contribution in [1.29, 1.82) is 0 Å². The Hall–Kier alpha value is -2.48. The molecular formula is C16H16ClN5O3. The summed E-state index contributed by atoms with van der Waals surface area (Å²) < 4.78 is 11.1. The lowest BCUT2D eigenvalue weighted by Crippen LogP contribution is -2.51. The van der Waals surface area contributed by atoms with Crippen molar-refractivity contribution in [3.63, 3.8) is 0 Å². The van der Waals surface area contributed by atoms with E-state index in [-0.39, 0.29) is 0 Å². The average Bonchev–Trinajstić information content (AvgIpc) is 2.65. The first-order chi connectivity index (χ1) is 12.0. The maximum Gasteiger partial charge on any atom is 0.286 e. The molecule has 0 saturated carbocycles. The van der Waals surface area contributed by atoms with E-state index in [1.807, 2.05) is 0 Å². The molecule has 0 heterocycles. The molecule has 0 aliphatic heterocycles. The van der Waals surface area contributed by atoms with E-state index in [1.54, 1.807) is 54.6 Å². The molecule has 0 aliphatic carbocycles. The molecule has 0 amide bonds. The first-order valence-electron chi connectivity index (χ1n) is 7.14. The van der Waals surface area contributed by atoms with Gasteiger partial charge in [0.05, 0.1) is 10.4 Å². The highest BCUT2D eigenvalue weighted by Crippen LogP contribution is 2.45. The number of ether oxygens (including phenoxy) is 2. The van der Waals surface area contributed by atoms with Crippen LogP contribution in [0.15, 0.2) is 70.2 Å². The molecule has 1 atom stereocenters. The van der Waals surface area contributed by atoms with Crippen LogP contribution in [0.25, 0.3) is 10.4 Å². The third-order valence-electron chi connectivity index (χ3n) is 3.70. The fraction of sp³-hybridized carbons (Fsp3) is 0.250. The predicted molar refractivity (Wildman–Crippen MR) is 91.5 cm³/mol. The van der Waals surface area contributed by atoms with Crippen molar-refractivity contribution in [2.24, 2.45) is 15.6 Å². The first kappa shape index (κ1) is 18.9. The number of methoxy groups -OCH3 is 2. The molecule has 0 fully saturated rings. The fourth-order valence-electron chi connectivity index (χ4n) is 2.56. The number of azide groups is 1. The van der Waals surface area contributed by atoms with Crippen molar-refractivity contribution in [1.82, 2.24) is 0 Å². The summed E-state index contributed by atoms with van der Waals surface area (Å²) in [4.78, 5) is 2.50. The number of benzene rings is 2. The zero-order chi connectivity index (χ0) is 18.3.